The van der Waals surface area contributed by atoms with Crippen LogP contribution in [0.5, 0.6) is 0 Å². The van der Waals surface area contributed by atoms with Gasteiger partial charge in [0.1, 0.15) is 10.7 Å². The Balaban J connectivity index is 2.35. The Morgan fingerprint density at radius 1 is 1.53 bits per heavy atom. The predicted molar refractivity (Wildman–Crippen MR) is 58.4 cm³/mol. The van der Waals surface area contributed by atoms with E-state index in [0.29, 0.717) is 0 Å². The Morgan fingerprint density at radius 2 is 2.12 bits per heavy atom. The highest BCUT2D eigenvalue weighted by atomic mass is 32.2. The first-order valence-electron chi connectivity index (χ1n) is 5.11. The second kappa shape index (κ2) is 3.58. The quantitative estimate of drug-likeness (QED) is 0.844. The molecule has 94 valence electrons. The van der Waals surface area contributed by atoms with Crippen molar-refractivity contribution in [2.75, 3.05) is 0 Å². The lowest BCUT2D eigenvalue weighted by molar-refractivity contribution is 0.0661. The number of rotatable bonds is 4. The highest BCUT2D eigenvalue weighted by Gasteiger charge is 2.42. The molecule has 0 aliphatic heterocycles. The van der Waals surface area contributed by atoms with Gasteiger partial charge < -0.3 is 9.52 Å². The number of carboxylic acids is 1. The van der Waals surface area contributed by atoms with E-state index in [1.807, 2.05) is 0 Å². The van der Waals surface area contributed by atoms with Crippen LogP contribution in [0, 0.1) is 6.92 Å². The molecular weight excluding hydrogens is 246 g/mol. The zero-order chi connectivity index (χ0) is 12.8. The van der Waals surface area contributed by atoms with E-state index in [1.165, 1.54) is 6.92 Å². The first-order valence-corrected chi connectivity index (χ1v) is 6.60. The monoisotopic (exact) mass is 259 g/mol. The standard InChI is InChI=1S/C10H13NO5S/c1-6-8(5-7(16-6)9(12)13)17(14,15)11-10(2)3-4-10/h5,11H,3-4H2,1-2H3,(H,12,13). The SMILES string of the molecule is Cc1oc(C(=O)O)cc1S(=O)(=O)NC1(C)CC1. The van der Waals surface area contributed by atoms with Crippen LogP contribution >= 0.6 is 0 Å². The smallest absolute Gasteiger partial charge is 0.371 e. The van der Waals surface area contributed by atoms with Crippen molar-refractivity contribution in [3.8, 4) is 0 Å². The fraction of sp³-hybridized carbons (Fsp3) is 0.500. The molecule has 1 heterocycles. The molecule has 1 saturated carbocycles. The molecule has 0 spiro atoms. The van der Waals surface area contributed by atoms with Gasteiger partial charge in [-0.3, -0.25) is 0 Å². The lowest BCUT2D eigenvalue weighted by Crippen LogP contribution is -2.34. The van der Waals surface area contributed by atoms with Crippen molar-refractivity contribution in [3.63, 3.8) is 0 Å². The second-order valence-corrected chi connectivity index (χ2v) is 6.15. The van der Waals surface area contributed by atoms with Crippen molar-refractivity contribution < 1.29 is 22.7 Å². The van der Waals surface area contributed by atoms with Crippen LogP contribution in [0.4, 0.5) is 0 Å². The predicted octanol–water partition coefficient (Wildman–Crippen LogP) is 1.12. The molecule has 1 fully saturated rings. The van der Waals surface area contributed by atoms with E-state index in [-0.39, 0.29) is 16.4 Å². The highest BCUT2D eigenvalue weighted by molar-refractivity contribution is 7.89. The van der Waals surface area contributed by atoms with E-state index in [9.17, 15) is 13.2 Å². The number of nitrogens with one attached hydrogen (secondary N) is 1. The largest absolute Gasteiger partial charge is 0.475 e. The topological polar surface area (TPSA) is 96.6 Å². The molecule has 0 amide bonds. The minimum Gasteiger partial charge on any atom is -0.475 e. The number of aromatic carboxylic acids is 1. The minimum absolute atomic E-state index is 0.0825. The van der Waals surface area contributed by atoms with Crippen LogP contribution in [0.15, 0.2) is 15.4 Å². The van der Waals surface area contributed by atoms with Gasteiger partial charge in [-0.1, -0.05) is 0 Å². The normalized spacial score (nSPS) is 18.0. The summed E-state index contributed by atoms with van der Waals surface area (Å²) in [6.45, 7) is 3.23. The second-order valence-electron chi connectivity index (χ2n) is 4.50. The van der Waals surface area contributed by atoms with Gasteiger partial charge in [0.25, 0.3) is 0 Å². The van der Waals surface area contributed by atoms with E-state index in [2.05, 4.69) is 4.72 Å². The molecule has 2 rings (SSSR count). The molecule has 0 unspecified atom stereocenters. The summed E-state index contributed by atoms with van der Waals surface area (Å²) in [6.07, 6.45) is 1.57. The lowest BCUT2D eigenvalue weighted by Gasteiger charge is -2.10. The fourth-order valence-electron chi connectivity index (χ4n) is 1.51. The zero-order valence-electron chi connectivity index (χ0n) is 9.48. The first-order chi connectivity index (χ1) is 7.73. The van der Waals surface area contributed by atoms with Crippen LogP contribution in [0.1, 0.15) is 36.1 Å². The Labute approximate surface area is 98.7 Å². The molecule has 0 atom stereocenters. The highest BCUT2D eigenvalue weighted by Crippen LogP contribution is 2.36. The molecule has 7 heteroatoms. The summed E-state index contributed by atoms with van der Waals surface area (Å²) in [4.78, 5) is 10.6. The lowest BCUT2D eigenvalue weighted by atomic mass is 10.4. The van der Waals surface area contributed by atoms with Gasteiger partial charge >= 0.3 is 5.97 Å². The number of carboxylic acid groups (broad SMARTS) is 1. The molecule has 0 aromatic carbocycles. The third kappa shape index (κ3) is 2.34. The minimum atomic E-state index is -3.71. The van der Waals surface area contributed by atoms with Gasteiger partial charge in [-0.05, 0) is 26.7 Å². The van der Waals surface area contributed by atoms with Crippen molar-refractivity contribution in [3.05, 3.63) is 17.6 Å². The van der Waals surface area contributed by atoms with E-state index < -0.39 is 21.5 Å². The van der Waals surface area contributed by atoms with Gasteiger partial charge in [-0.15, -0.1) is 0 Å². The molecule has 6 nitrogen and oxygen atoms in total. The number of carbonyl (C=O) groups is 1. The molecule has 1 aliphatic rings. The van der Waals surface area contributed by atoms with Gasteiger partial charge in [0.15, 0.2) is 0 Å². The van der Waals surface area contributed by atoms with Crippen LogP contribution in [0.25, 0.3) is 0 Å². The molecule has 1 aliphatic carbocycles. The van der Waals surface area contributed by atoms with Crippen molar-refractivity contribution in [2.24, 2.45) is 0 Å². The van der Waals surface area contributed by atoms with Gasteiger partial charge in [-0.2, -0.15) is 0 Å². The van der Waals surface area contributed by atoms with E-state index in [0.717, 1.165) is 18.9 Å². The van der Waals surface area contributed by atoms with Crippen LogP contribution in [0.2, 0.25) is 0 Å². The summed E-state index contributed by atoms with van der Waals surface area (Å²) in [5, 5.41) is 8.72. The van der Waals surface area contributed by atoms with Gasteiger partial charge in [0.2, 0.25) is 15.8 Å². The third-order valence-corrected chi connectivity index (χ3v) is 4.50. The molecule has 0 bridgehead atoms. The van der Waals surface area contributed by atoms with Gasteiger partial charge in [0.05, 0.1) is 0 Å². The number of sulfonamides is 1. The Hall–Kier alpha value is -1.34. The van der Waals surface area contributed by atoms with E-state index >= 15 is 0 Å². The maximum absolute atomic E-state index is 12.0. The van der Waals surface area contributed by atoms with E-state index in [4.69, 9.17) is 9.52 Å². The molecule has 2 N–H and O–H groups in total. The Kier molecular flexibility index (Phi) is 2.55. The molecule has 0 radical (unpaired) electrons. The van der Waals surface area contributed by atoms with E-state index in [1.54, 1.807) is 6.92 Å². The Bertz CT molecular complexity index is 568. The Morgan fingerprint density at radius 3 is 2.53 bits per heavy atom. The van der Waals surface area contributed by atoms with Crippen molar-refractivity contribution in [1.29, 1.82) is 0 Å². The zero-order valence-corrected chi connectivity index (χ0v) is 10.3. The maximum atomic E-state index is 12.0. The van der Waals surface area contributed by atoms with Crippen molar-refractivity contribution in [1.82, 2.24) is 4.72 Å². The number of hydrogen-bond donors (Lipinski definition) is 2. The molecule has 1 aromatic heterocycles. The van der Waals surface area contributed by atoms with Gasteiger partial charge in [-0.25, -0.2) is 17.9 Å². The van der Waals surface area contributed by atoms with Crippen LogP contribution in [-0.4, -0.2) is 25.0 Å². The summed E-state index contributed by atoms with van der Waals surface area (Å²) < 4.78 is 31.4. The summed E-state index contributed by atoms with van der Waals surface area (Å²) in [5.74, 6) is -1.57. The molecular formula is C10H13NO5S. The molecule has 17 heavy (non-hydrogen) atoms. The van der Waals surface area contributed by atoms with Crippen molar-refractivity contribution >= 4 is 16.0 Å². The average Bonchev–Trinajstić information content (AvgIpc) is 2.75. The molecule has 0 saturated heterocycles. The van der Waals surface area contributed by atoms with Crippen molar-refractivity contribution in [2.45, 2.75) is 37.1 Å². The number of aryl methyl sites for hydroxylation is 1. The summed E-state index contributed by atoms with van der Waals surface area (Å²) >= 11 is 0. The summed E-state index contributed by atoms with van der Waals surface area (Å²) in [7, 11) is -3.71. The fourth-order valence-corrected chi connectivity index (χ4v) is 3.15. The first kappa shape index (κ1) is 12.1. The van der Waals surface area contributed by atoms with Crippen LogP contribution in [0.3, 0.4) is 0 Å². The number of furan rings is 1. The molecule has 1 aromatic rings. The van der Waals surface area contributed by atoms with Crippen LogP contribution < -0.4 is 4.72 Å². The maximum Gasteiger partial charge on any atom is 0.371 e. The summed E-state index contributed by atoms with van der Waals surface area (Å²) in [6, 6.07) is 1.03. The van der Waals surface area contributed by atoms with Gasteiger partial charge in [0, 0.05) is 11.6 Å². The number of hydrogen-bond acceptors (Lipinski definition) is 4. The van der Waals surface area contributed by atoms with Crippen LogP contribution in [-0.2, 0) is 10.0 Å². The average molecular weight is 259 g/mol. The summed E-state index contributed by atoms with van der Waals surface area (Å²) in [5.41, 5.74) is -0.397. The third-order valence-electron chi connectivity index (χ3n) is 2.75.